The first-order chi connectivity index (χ1) is 7.58. The molecule has 0 bridgehead atoms. The third kappa shape index (κ3) is 4.22. The normalized spacial score (nSPS) is 18.2. The Bertz CT molecular complexity index is 229. The van der Waals surface area contributed by atoms with Gasteiger partial charge in [0.2, 0.25) is 5.91 Å². The van der Waals surface area contributed by atoms with Crippen LogP contribution in [0.25, 0.3) is 0 Å². The van der Waals surface area contributed by atoms with E-state index in [1.165, 1.54) is 0 Å². The maximum Gasteiger partial charge on any atom is 0.261 e. The number of carbonyl (C=O) groups is 1. The van der Waals surface area contributed by atoms with Crippen LogP contribution in [0.3, 0.4) is 0 Å². The lowest BCUT2D eigenvalue weighted by molar-refractivity contribution is -0.125. The van der Waals surface area contributed by atoms with Crippen molar-refractivity contribution in [2.24, 2.45) is 0 Å². The molecule has 0 radical (unpaired) electrons. The predicted molar refractivity (Wildman–Crippen MR) is 56.9 cm³/mol. The van der Waals surface area contributed by atoms with E-state index in [1.807, 2.05) is 0 Å². The van der Waals surface area contributed by atoms with E-state index in [4.69, 9.17) is 11.6 Å². The van der Waals surface area contributed by atoms with Crippen LogP contribution >= 0.6 is 11.6 Å². The zero-order valence-corrected chi connectivity index (χ0v) is 9.73. The van der Waals surface area contributed by atoms with Gasteiger partial charge < -0.3 is 10.1 Å². The summed E-state index contributed by atoms with van der Waals surface area (Å²) in [6.07, 6.45) is 0.462. The van der Waals surface area contributed by atoms with E-state index in [1.54, 1.807) is 0 Å². The molecule has 0 heterocycles. The number of halogens is 3. The number of alkyl halides is 3. The summed E-state index contributed by atoms with van der Waals surface area (Å²) in [5.41, 5.74) is -0.263. The fraction of sp³-hybridized carbons (Fsp3) is 0.900. The summed E-state index contributed by atoms with van der Waals surface area (Å²) in [4.78, 5) is 11.4. The van der Waals surface area contributed by atoms with Gasteiger partial charge in [-0.05, 0) is 19.3 Å². The molecule has 1 aliphatic rings. The molecular weight excluding hydrogens is 240 g/mol. The number of hydrogen-bond acceptors (Lipinski definition) is 2. The molecule has 1 saturated carbocycles. The topological polar surface area (TPSA) is 38.3 Å². The second-order valence-corrected chi connectivity index (χ2v) is 4.30. The highest BCUT2D eigenvalue weighted by Crippen LogP contribution is 2.32. The zero-order chi connectivity index (χ0) is 12.0. The van der Waals surface area contributed by atoms with Gasteiger partial charge in [0, 0.05) is 12.3 Å². The first-order valence-corrected chi connectivity index (χ1v) is 5.84. The molecule has 0 saturated heterocycles. The third-order valence-electron chi connectivity index (χ3n) is 2.69. The molecule has 0 aliphatic heterocycles. The summed E-state index contributed by atoms with van der Waals surface area (Å²) in [5.74, 6) is 0.214. The van der Waals surface area contributed by atoms with Crippen molar-refractivity contribution in [2.75, 3.05) is 19.1 Å². The van der Waals surface area contributed by atoms with Gasteiger partial charge in [-0.2, -0.15) is 0 Å². The van der Waals surface area contributed by atoms with Gasteiger partial charge in [-0.1, -0.05) is 0 Å². The number of nitrogens with one attached hydrogen (secondary N) is 1. The third-order valence-corrected chi connectivity index (χ3v) is 3.20. The lowest BCUT2D eigenvalue weighted by atomic mass is 9.78. The average molecular weight is 256 g/mol. The molecule has 1 N–H and O–H groups in total. The number of carbonyl (C=O) groups excluding carboxylic acids is 1. The summed E-state index contributed by atoms with van der Waals surface area (Å²) in [7, 11) is 0. The summed E-state index contributed by atoms with van der Waals surface area (Å²) < 4.78 is 28.0. The molecular formula is C10H16ClF2NO2. The second-order valence-electron chi connectivity index (χ2n) is 4.03. The zero-order valence-electron chi connectivity index (χ0n) is 8.98. The van der Waals surface area contributed by atoms with E-state index in [0.717, 1.165) is 19.3 Å². The fourth-order valence-electron chi connectivity index (χ4n) is 1.59. The molecule has 0 unspecified atom stereocenters. The van der Waals surface area contributed by atoms with Crippen LogP contribution in [-0.2, 0) is 9.53 Å². The number of ether oxygens (including phenoxy) is 1. The number of rotatable bonds is 7. The van der Waals surface area contributed by atoms with Crippen LogP contribution in [0, 0.1) is 0 Å². The standard InChI is InChI=1S/C10H16ClF2NO2/c11-7-10(3-1-4-10)14-9(15)2-5-16-6-8(12)13/h8H,1-7H2,(H,14,15). The highest BCUT2D eigenvalue weighted by Gasteiger charge is 2.37. The monoisotopic (exact) mass is 255 g/mol. The quantitative estimate of drug-likeness (QED) is 0.558. The Morgan fingerprint density at radius 1 is 1.50 bits per heavy atom. The predicted octanol–water partition coefficient (Wildman–Crippen LogP) is 1.94. The van der Waals surface area contributed by atoms with Crippen LogP contribution in [0.2, 0.25) is 0 Å². The maximum atomic E-state index is 11.7. The van der Waals surface area contributed by atoms with Crippen LogP contribution < -0.4 is 5.32 Å². The van der Waals surface area contributed by atoms with Gasteiger partial charge in [0.05, 0.1) is 12.1 Å². The largest absolute Gasteiger partial charge is 0.375 e. The second kappa shape index (κ2) is 6.35. The fourth-order valence-corrected chi connectivity index (χ4v) is 1.93. The molecule has 1 amide bonds. The van der Waals surface area contributed by atoms with Crippen molar-refractivity contribution < 1.29 is 18.3 Å². The minimum atomic E-state index is -2.48. The van der Waals surface area contributed by atoms with Crippen molar-refractivity contribution in [2.45, 2.75) is 37.6 Å². The van der Waals surface area contributed by atoms with E-state index in [-0.39, 0.29) is 24.5 Å². The summed E-state index contributed by atoms with van der Waals surface area (Å²) in [5, 5.41) is 2.83. The molecule has 3 nitrogen and oxygen atoms in total. The van der Waals surface area contributed by atoms with Crippen LogP contribution in [0.15, 0.2) is 0 Å². The van der Waals surface area contributed by atoms with E-state index in [2.05, 4.69) is 10.1 Å². The Balaban J connectivity index is 2.11. The van der Waals surface area contributed by atoms with Gasteiger partial charge in [-0.3, -0.25) is 4.79 Å². The first kappa shape index (κ1) is 13.6. The molecule has 6 heteroatoms. The lowest BCUT2D eigenvalue weighted by Gasteiger charge is -2.41. The highest BCUT2D eigenvalue weighted by molar-refractivity contribution is 6.18. The Hall–Kier alpha value is -0.420. The smallest absolute Gasteiger partial charge is 0.261 e. The number of hydrogen-bond donors (Lipinski definition) is 1. The van der Waals surface area contributed by atoms with E-state index in [9.17, 15) is 13.6 Å². The van der Waals surface area contributed by atoms with E-state index >= 15 is 0 Å². The Morgan fingerprint density at radius 3 is 2.62 bits per heavy atom. The Labute approximate surface area is 98.5 Å². The molecule has 1 aliphatic carbocycles. The van der Waals surface area contributed by atoms with Gasteiger partial charge in [-0.25, -0.2) is 8.78 Å². The molecule has 0 spiro atoms. The first-order valence-electron chi connectivity index (χ1n) is 5.31. The van der Waals surface area contributed by atoms with Crippen LogP contribution in [0.1, 0.15) is 25.7 Å². The maximum absolute atomic E-state index is 11.7. The molecule has 1 rings (SSSR count). The van der Waals surface area contributed by atoms with Crippen molar-refractivity contribution in [3.63, 3.8) is 0 Å². The van der Waals surface area contributed by atoms with Crippen molar-refractivity contribution in [3.8, 4) is 0 Å². The summed E-state index contributed by atoms with van der Waals surface area (Å²) in [6.45, 7) is -0.595. The molecule has 0 aromatic rings. The van der Waals surface area contributed by atoms with Gasteiger partial charge in [0.25, 0.3) is 6.43 Å². The molecule has 94 valence electrons. The SMILES string of the molecule is O=C(CCOCC(F)F)NC1(CCl)CCC1. The molecule has 0 atom stereocenters. The number of amides is 1. The van der Waals surface area contributed by atoms with Gasteiger partial charge in [0.1, 0.15) is 6.61 Å². The van der Waals surface area contributed by atoms with Gasteiger partial charge >= 0.3 is 0 Å². The molecule has 1 fully saturated rings. The Kier molecular flexibility index (Phi) is 5.41. The molecule has 0 aromatic carbocycles. The minimum absolute atomic E-state index is 0.0224. The van der Waals surface area contributed by atoms with Gasteiger partial charge in [-0.15, -0.1) is 11.6 Å². The van der Waals surface area contributed by atoms with Crippen molar-refractivity contribution in [1.82, 2.24) is 5.32 Å². The summed E-state index contributed by atoms with van der Waals surface area (Å²) in [6, 6.07) is 0. The van der Waals surface area contributed by atoms with Crippen LogP contribution in [0.4, 0.5) is 8.78 Å². The Morgan fingerprint density at radius 2 is 2.19 bits per heavy atom. The molecule has 16 heavy (non-hydrogen) atoms. The van der Waals surface area contributed by atoms with Gasteiger partial charge in [0.15, 0.2) is 0 Å². The van der Waals surface area contributed by atoms with Crippen molar-refractivity contribution >= 4 is 17.5 Å². The van der Waals surface area contributed by atoms with Crippen LogP contribution in [0.5, 0.6) is 0 Å². The molecule has 0 aromatic heterocycles. The average Bonchev–Trinajstić information content (AvgIpc) is 2.18. The highest BCUT2D eigenvalue weighted by atomic mass is 35.5. The van der Waals surface area contributed by atoms with E-state index < -0.39 is 13.0 Å². The van der Waals surface area contributed by atoms with Crippen LogP contribution in [-0.4, -0.2) is 37.0 Å². The van der Waals surface area contributed by atoms with Crippen molar-refractivity contribution in [1.29, 1.82) is 0 Å². The minimum Gasteiger partial charge on any atom is -0.375 e. The van der Waals surface area contributed by atoms with E-state index in [0.29, 0.717) is 5.88 Å². The lowest BCUT2D eigenvalue weighted by Crippen LogP contribution is -2.55. The summed E-state index contributed by atoms with van der Waals surface area (Å²) >= 11 is 5.76. The van der Waals surface area contributed by atoms with Crippen molar-refractivity contribution in [3.05, 3.63) is 0 Å².